The fourth-order valence-corrected chi connectivity index (χ4v) is 2.28. The van der Waals surface area contributed by atoms with Crippen molar-refractivity contribution < 1.29 is 0 Å². The molecule has 1 N–H and O–H groups in total. The standard InChI is InChI=1S/C10H17N3S/c1-7(2)5-11-6-9-12-13-10(14-9)8-3-4-8/h7-8,11H,3-6H2,1-2H3. The Balaban J connectivity index is 1.78. The maximum Gasteiger partial charge on any atom is 0.131 e. The van der Waals surface area contributed by atoms with Crippen molar-refractivity contribution in [3.8, 4) is 0 Å². The summed E-state index contributed by atoms with van der Waals surface area (Å²) in [5, 5.41) is 14.1. The van der Waals surface area contributed by atoms with Gasteiger partial charge in [-0.3, -0.25) is 0 Å². The quantitative estimate of drug-likeness (QED) is 0.811. The summed E-state index contributed by atoms with van der Waals surface area (Å²) in [6.07, 6.45) is 2.63. The van der Waals surface area contributed by atoms with Crippen LogP contribution in [0.2, 0.25) is 0 Å². The lowest BCUT2D eigenvalue weighted by Gasteiger charge is -2.03. The van der Waals surface area contributed by atoms with E-state index in [9.17, 15) is 0 Å². The van der Waals surface area contributed by atoms with E-state index >= 15 is 0 Å². The molecule has 1 saturated carbocycles. The average Bonchev–Trinajstić information content (AvgIpc) is 2.87. The van der Waals surface area contributed by atoms with E-state index in [0.717, 1.165) is 24.0 Å². The zero-order chi connectivity index (χ0) is 9.97. The minimum Gasteiger partial charge on any atom is -0.310 e. The molecule has 4 heteroatoms. The summed E-state index contributed by atoms with van der Waals surface area (Å²) in [6.45, 7) is 6.35. The molecule has 1 aromatic rings. The van der Waals surface area contributed by atoms with Crippen molar-refractivity contribution in [3.63, 3.8) is 0 Å². The predicted octanol–water partition coefficient (Wildman–Crippen LogP) is 2.16. The van der Waals surface area contributed by atoms with Crippen molar-refractivity contribution in [2.24, 2.45) is 5.92 Å². The summed E-state index contributed by atoms with van der Waals surface area (Å²) in [7, 11) is 0. The van der Waals surface area contributed by atoms with Gasteiger partial charge in [-0.15, -0.1) is 10.2 Å². The normalized spacial score (nSPS) is 16.5. The molecule has 0 saturated heterocycles. The molecular formula is C10H17N3S. The monoisotopic (exact) mass is 211 g/mol. The maximum absolute atomic E-state index is 4.20. The third kappa shape index (κ3) is 2.75. The van der Waals surface area contributed by atoms with Crippen molar-refractivity contribution in [3.05, 3.63) is 10.0 Å². The highest BCUT2D eigenvalue weighted by atomic mass is 32.1. The van der Waals surface area contributed by atoms with E-state index in [0.29, 0.717) is 5.92 Å². The first-order chi connectivity index (χ1) is 6.75. The Morgan fingerprint density at radius 3 is 2.86 bits per heavy atom. The first-order valence-corrected chi connectivity index (χ1v) is 6.10. The highest BCUT2D eigenvalue weighted by Gasteiger charge is 2.27. The molecule has 3 nitrogen and oxygen atoms in total. The Labute approximate surface area is 88.9 Å². The lowest BCUT2D eigenvalue weighted by molar-refractivity contribution is 0.550. The van der Waals surface area contributed by atoms with Gasteiger partial charge >= 0.3 is 0 Å². The molecule has 0 unspecified atom stereocenters. The van der Waals surface area contributed by atoms with Crippen LogP contribution in [0.4, 0.5) is 0 Å². The Bertz CT molecular complexity index is 291. The second kappa shape index (κ2) is 4.36. The topological polar surface area (TPSA) is 37.8 Å². The minimum absolute atomic E-state index is 0.700. The largest absolute Gasteiger partial charge is 0.310 e. The van der Waals surface area contributed by atoms with Crippen molar-refractivity contribution in [1.82, 2.24) is 15.5 Å². The molecule has 1 heterocycles. The SMILES string of the molecule is CC(C)CNCc1nnc(C2CC2)s1. The van der Waals surface area contributed by atoms with Crippen LogP contribution in [0.25, 0.3) is 0 Å². The fourth-order valence-electron chi connectivity index (χ4n) is 1.30. The van der Waals surface area contributed by atoms with Gasteiger partial charge in [0.05, 0.1) is 0 Å². The molecule has 1 fully saturated rings. The fraction of sp³-hybridized carbons (Fsp3) is 0.800. The van der Waals surface area contributed by atoms with Gasteiger partial charge in [0.1, 0.15) is 10.0 Å². The number of nitrogens with zero attached hydrogens (tertiary/aromatic N) is 2. The van der Waals surface area contributed by atoms with E-state index in [1.165, 1.54) is 17.8 Å². The smallest absolute Gasteiger partial charge is 0.131 e. The van der Waals surface area contributed by atoms with E-state index in [1.54, 1.807) is 11.3 Å². The first-order valence-electron chi connectivity index (χ1n) is 5.28. The van der Waals surface area contributed by atoms with E-state index < -0.39 is 0 Å². The number of nitrogens with one attached hydrogen (secondary N) is 1. The third-order valence-electron chi connectivity index (χ3n) is 2.24. The summed E-state index contributed by atoms with van der Waals surface area (Å²) >= 11 is 1.77. The minimum atomic E-state index is 0.700. The van der Waals surface area contributed by atoms with Gasteiger partial charge in [-0.1, -0.05) is 25.2 Å². The van der Waals surface area contributed by atoms with Gasteiger partial charge in [0.25, 0.3) is 0 Å². The maximum atomic E-state index is 4.20. The summed E-state index contributed by atoms with van der Waals surface area (Å²) < 4.78 is 0. The second-order valence-corrected chi connectivity index (χ2v) is 5.43. The van der Waals surface area contributed by atoms with Crippen molar-refractivity contribution in [2.75, 3.05) is 6.54 Å². The van der Waals surface area contributed by atoms with Crippen LogP contribution in [0.15, 0.2) is 0 Å². The molecule has 0 radical (unpaired) electrons. The van der Waals surface area contributed by atoms with Crippen LogP contribution in [0.3, 0.4) is 0 Å². The molecule has 1 aliphatic rings. The third-order valence-corrected chi connectivity index (χ3v) is 3.32. The molecule has 0 atom stereocenters. The van der Waals surface area contributed by atoms with Crippen molar-refractivity contribution >= 4 is 11.3 Å². The van der Waals surface area contributed by atoms with Gasteiger partial charge < -0.3 is 5.32 Å². The zero-order valence-corrected chi connectivity index (χ0v) is 9.60. The molecule has 1 aromatic heterocycles. The van der Waals surface area contributed by atoms with Gasteiger partial charge in [-0.25, -0.2) is 0 Å². The predicted molar refractivity (Wildman–Crippen MR) is 58.4 cm³/mol. The van der Waals surface area contributed by atoms with Crippen LogP contribution in [-0.4, -0.2) is 16.7 Å². The summed E-state index contributed by atoms with van der Waals surface area (Å²) in [4.78, 5) is 0. The Morgan fingerprint density at radius 1 is 1.43 bits per heavy atom. The number of hydrogen-bond acceptors (Lipinski definition) is 4. The number of aromatic nitrogens is 2. The molecule has 2 rings (SSSR count). The van der Waals surface area contributed by atoms with Crippen LogP contribution >= 0.6 is 11.3 Å². The highest BCUT2D eigenvalue weighted by molar-refractivity contribution is 7.11. The van der Waals surface area contributed by atoms with E-state index in [4.69, 9.17) is 0 Å². The number of hydrogen-bond donors (Lipinski definition) is 1. The lowest BCUT2D eigenvalue weighted by Crippen LogP contribution is -2.18. The van der Waals surface area contributed by atoms with Crippen LogP contribution in [-0.2, 0) is 6.54 Å². The van der Waals surface area contributed by atoms with Gasteiger partial charge in [0.15, 0.2) is 0 Å². The van der Waals surface area contributed by atoms with Crippen LogP contribution in [0, 0.1) is 5.92 Å². The van der Waals surface area contributed by atoms with Gasteiger partial charge in [-0.2, -0.15) is 0 Å². The Kier molecular flexibility index (Phi) is 3.13. The van der Waals surface area contributed by atoms with Crippen molar-refractivity contribution in [1.29, 1.82) is 0 Å². The van der Waals surface area contributed by atoms with Crippen LogP contribution in [0.1, 0.15) is 42.6 Å². The lowest BCUT2D eigenvalue weighted by atomic mass is 10.2. The van der Waals surface area contributed by atoms with E-state index in [-0.39, 0.29) is 0 Å². The van der Waals surface area contributed by atoms with Crippen LogP contribution in [0.5, 0.6) is 0 Å². The summed E-state index contributed by atoms with van der Waals surface area (Å²) in [5.74, 6) is 1.44. The molecule has 0 spiro atoms. The van der Waals surface area contributed by atoms with Gasteiger partial charge in [-0.05, 0) is 25.3 Å². The molecule has 78 valence electrons. The van der Waals surface area contributed by atoms with Gasteiger partial charge in [0, 0.05) is 12.5 Å². The molecular weight excluding hydrogens is 194 g/mol. The number of rotatable bonds is 5. The Morgan fingerprint density at radius 2 is 2.21 bits per heavy atom. The average molecular weight is 211 g/mol. The van der Waals surface area contributed by atoms with Gasteiger partial charge in [0.2, 0.25) is 0 Å². The summed E-state index contributed by atoms with van der Waals surface area (Å²) in [5.41, 5.74) is 0. The first kappa shape index (κ1) is 10.1. The highest BCUT2D eigenvalue weighted by Crippen LogP contribution is 2.41. The van der Waals surface area contributed by atoms with E-state index in [1.807, 2.05) is 0 Å². The Hall–Kier alpha value is -0.480. The summed E-state index contributed by atoms with van der Waals surface area (Å²) in [6, 6.07) is 0. The second-order valence-electron chi connectivity index (χ2n) is 4.33. The molecule has 0 aromatic carbocycles. The zero-order valence-electron chi connectivity index (χ0n) is 8.79. The molecule has 14 heavy (non-hydrogen) atoms. The molecule has 1 aliphatic carbocycles. The van der Waals surface area contributed by atoms with E-state index in [2.05, 4.69) is 29.4 Å². The van der Waals surface area contributed by atoms with Crippen molar-refractivity contribution in [2.45, 2.75) is 39.2 Å². The molecule has 0 amide bonds. The molecule has 0 aliphatic heterocycles. The van der Waals surface area contributed by atoms with Crippen LogP contribution < -0.4 is 5.32 Å². The molecule has 0 bridgehead atoms.